The summed E-state index contributed by atoms with van der Waals surface area (Å²) in [6.45, 7) is 6.64. The smallest absolute Gasteiger partial charge is 0.223 e. The topological polar surface area (TPSA) is 71.2 Å². The zero-order valence-corrected chi connectivity index (χ0v) is 8.87. The van der Waals surface area contributed by atoms with Crippen LogP contribution in [0.4, 0.5) is 0 Å². The minimum atomic E-state index is -0.625. The van der Waals surface area contributed by atoms with Crippen LogP contribution in [0.15, 0.2) is 4.52 Å². The molecule has 0 aliphatic rings. The van der Waals surface area contributed by atoms with Gasteiger partial charge in [-0.2, -0.15) is 4.98 Å². The number of hydrogen-bond donors (Lipinski definition) is 2. The number of aromatic nitrogens is 2. The molecule has 0 fully saturated rings. The van der Waals surface area contributed by atoms with E-state index in [1.807, 2.05) is 0 Å². The lowest BCUT2D eigenvalue weighted by atomic mass is 10.1. The van der Waals surface area contributed by atoms with E-state index in [-0.39, 0.29) is 0 Å². The van der Waals surface area contributed by atoms with Gasteiger partial charge < -0.3 is 14.9 Å². The van der Waals surface area contributed by atoms with E-state index in [9.17, 15) is 5.11 Å². The maximum absolute atomic E-state index is 9.43. The van der Waals surface area contributed by atoms with Crippen molar-refractivity contribution in [2.45, 2.75) is 39.3 Å². The van der Waals surface area contributed by atoms with E-state index in [1.165, 1.54) is 0 Å². The van der Waals surface area contributed by atoms with Crippen molar-refractivity contribution in [3.63, 3.8) is 0 Å². The quantitative estimate of drug-likeness (QED) is 0.680. The fourth-order valence-corrected chi connectivity index (χ4v) is 1.01. The predicted octanol–water partition coefficient (Wildman–Crippen LogP) is 0.629. The van der Waals surface area contributed by atoms with Crippen LogP contribution in [0, 0.1) is 6.92 Å². The lowest BCUT2D eigenvalue weighted by molar-refractivity contribution is 0.0710. The summed E-state index contributed by atoms with van der Waals surface area (Å²) in [6, 6.07) is 0. The maximum Gasteiger partial charge on any atom is 0.223 e. The van der Waals surface area contributed by atoms with Crippen LogP contribution in [0.5, 0.6) is 0 Å². The average molecular weight is 199 g/mol. The number of aliphatic hydroxyl groups is 1. The number of aryl methyl sites for hydroxylation is 1. The summed E-state index contributed by atoms with van der Waals surface area (Å²) in [7, 11) is 0. The molecule has 0 unspecified atom stereocenters. The number of hydrogen-bond acceptors (Lipinski definition) is 5. The van der Waals surface area contributed by atoms with E-state index >= 15 is 0 Å². The number of rotatable bonds is 5. The van der Waals surface area contributed by atoms with Crippen molar-refractivity contribution in [2.24, 2.45) is 0 Å². The van der Waals surface area contributed by atoms with Gasteiger partial charge in [-0.1, -0.05) is 5.16 Å². The molecule has 0 spiro atoms. The predicted molar refractivity (Wildman–Crippen MR) is 51.7 cm³/mol. The highest BCUT2D eigenvalue weighted by Gasteiger charge is 2.11. The highest BCUT2D eigenvalue weighted by atomic mass is 16.5. The summed E-state index contributed by atoms with van der Waals surface area (Å²) in [5.41, 5.74) is -0.625. The molecule has 0 aromatic carbocycles. The maximum atomic E-state index is 9.43. The van der Waals surface area contributed by atoms with E-state index in [0.29, 0.717) is 24.7 Å². The van der Waals surface area contributed by atoms with Gasteiger partial charge in [0.25, 0.3) is 0 Å². The molecule has 0 atom stereocenters. The molecule has 0 saturated carbocycles. The Labute approximate surface area is 83.5 Å². The summed E-state index contributed by atoms with van der Waals surface area (Å²) in [4.78, 5) is 4.04. The molecule has 1 aromatic heterocycles. The first kappa shape index (κ1) is 11.1. The standard InChI is InChI=1S/C9H17N3O2/c1-7-11-8(12-14-7)6-10-5-4-9(2,3)13/h10,13H,4-6H2,1-3H3. The largest absolute Gasteiger partial charge is 0.390 e. The Morgan fingerprint density at radius 2 is 2.21 bits per heavy atom. The van der Waals surface area contributed by atoms with Crippen LogP contribution in [-0.4, -0.2) is 27.4 Å². The van der Waals surface area contributed by atoms with E-state index in [4.69, 9.17) is 4.52 Å². The van der Waals surface area contributed by atoms with Crippen molar-refractivity contribution in [2.75, 3.05) is 6.54 Å². The van der Waals surface area contributed by atoms with Gasteiger partial charge >= 0.3 is 0 Å². The van der Waals surface area contributed by atoms with Gasteiger partial charge in [0.1, 0.15) is 0 Å². The fraction of sp³-hybridized carbons (Fsp3) is 0.778. The van der Waals surface area contributed by atoms with Crippen LogP contribution in [0.2, 0.25) is 0 Å². The van der Waals surface area contributed by atoms with Crippen molar-refractivity contribution < 1.29 is 9.63 Å². The van der Waals surface area contributed by atoms with Crippen molar-refractivity contribution in [3.05, 3.63) is 11.7 Å². The Morgan fingerprint density at radius 1 is 1.50 bits per heavy atom. The van der Waals surface area contributed by atoms with Crippen LogP contribution in [0.25, 0.3) is 0 Å². The summed E-state index contributed by atoms with van der Waals surface area (Å²) in [6.07, 6.45) is 0.698. The van der Waals surface area contributed by atoms with Gasteiger partial charge in [0.15, 0.2) is 5.82 Å². The zero-order valence-electron chi connectivity index (χ0n) is 8.87. The van der Waals surface area contributed by atoms with E-state index in [1.54, 1.807) is 20.8 Å². The third-order valence-corrected chi connectivity index (χ3v) is 1.77. The molecule has 0 bridgehead atoms. The second-order valence-corrected chi connectivity index (χ2v) is 3.97. The van der Waals surface area contributed by atoms with Crippen LogP contribution >= 0.6 is 0 Å². The first-order valence-electron chi connectivity index (χ1n) is 4.70. The first-order valence-corrected chi connectivity index (χ1v) is 4.70. The third-order valence-electron chi connectivity index (χ3n) is 1.77. The Hall–Kier alpha value is -0.940. The fourth-order valence-electron chi connectivity index (χ4n) is 1.01. The molecule has 0 aliphatic heterocycles. The minimum absolute atomic E-state index is 0.573. The molecule has 14 heavy (non-hydrogen) atoms. The third kappa shape index (κ3) is 4.34. The van der Waals surface area contributed by atoms with Crippen molar-refractivity contribution in [3.8, 4) is 0 Å². The summed E-state index contributed by atoms with van der Waals surface area (Å²) in [5, 5.41) is 16.3. The van der Waals surface area contributed by atoms with Crippen LogP contribution in [0.1, 0.15) is 32.0 Å². The van der Waals surface area contributed by atoms with Gasteiger partial charge in [0.05, 0.1) is 12.1 Å². The van der Waals surface area contributed by atoms with Gasteiger partial charge in [0.2, 0.25) is 5.89 Å². The second-order valence-electron chi connectivity index (χ2n) is 3.97. The molecule has 0 aliphatic carbocycles. The first-order chi connectivity index (χ1) is 6.47. The number of nitrogens with one attached hydrogen (secondary N) is 1. The lowest BCUT2D eigenvalue weighted by Gasteiger charge is -2.16. The van der Waals surface area contributed by atoms with Crippen molar-refractivity contribution in [1.82, 2.24) is 15.5 Å². The second kappa shape index (κ2) is 4.52. The number of nitrogens with zero attached hydrogens (tertiary/aromatic N) is 2. The Morgan fingerprint density at radius 3 is 2.71 bits per heavy atom. The van der Waals surface area contributed by atoms with Crippen LogP contribution in [0.3, 0.4) is 0 Å². The summed E-state index contributed by atoms with van der Waals surface area (Å²) in [5.74, 6) is 1.22. The molecule has 0 radical (unpaired) electrons. The molecule has 1 heterocycles. The molecular formula is C9H17N3O2. The molecule has 0 saturated heterocycles. The van der Waals surface area contributed by atoms with Crippen LogP contribution in [-0.2, 0) is 6.54 Å². The van der Waals surface area contributed by atoms with Gasteiger partial charge in [0, 0.05) is 6.92 Å². The zero-order chi connectivity index (χ0) is 10.6. The SMILES string of the molecule is Cc1nc(CNCCC(C)(C)O)no1. The van der Waals surface area contributed by atoms with Crippen molar-refractivity contribution >= 4 is 0 Å². The Kier molecular flexibility index (Phi) is 3.60. The highest BCUT2D eigenvalue weighted by Crippen LogP contribution is 2.05. The molecular weight excluding hydrogens is 182 g/mol. The highest BCUT2D eigenvalue weighted by molar-refractivity contribution is 4.82. The van der Waals surface area contributed by atoms with E-state index in [2.05, 4.69) is 15.5 Å². The normalized spacial score (nSPS) is 12.0. The van der Waals surface area contributed by atoms with Gasteiger partial charge in [-0.25, -0.2) is 0 Å². The lowest BCUT2D eigenvalue weighted by Crippen LogP contribution is -2.26. The van der Waals surface area contributed by atoms with Gasteiger partial charge in [-0.3, -0.25) is 0 Å². The molecule has 80 valence electrons. The molecule has 1 rings (SSSR count). The van der Waals surface area contributed by atoms with Gasteiger partial charge in [-0.15, -0.1) is 0 Å². The summed E-state index contributed by atoms with van der Waals surface area (Å²) < 4.78 is 4.81. The average Bonchev–Trinajstić information content (AvgIpc) is 2.44. The molecule has 2 N–H and O–H groups in total. The van der Waals surface area contributed by atoms with Gasteiger partial charge in [-0.05, 0) is 26.8 Å². The van der Waals surface area contributed by atoms with Crippen LogP contribution < -0.4 is 5.32 Å². The molecule has 5 nitrogen and oxygen atoms in total. The van der Waals surface area contributed by atoms with E-state index < -0.39 is 5.60 Å². The van der Waals surface area contributed by atoms with E-state index in [0.717, 1.165) is 6.54 Å². The Bertz CT molecular complexity index is 278. The summed E-state index contributed by atoms with van der Waals surface area (Å²) >= 11 is 0. The molecule has 1 aromatic rings. The molecule has 5 heteroatoms. The Balaban J connectivity index is 2.16. The monoisotopic (exact) mass is 199 g/mol. The molecule has 0 amide bonds. The minimum Gasteiger partial charge on any atom is -0.390 e. The van der Waals surface area contributed by atoms with Crippen molar-refractivity contribution in [1.29, 1.82) is 0 Å².